The minimum atomic E-state index is -0.902. The number of aromatic carboxylic acids is 1. The van der Waals surface area contributed by atoms with Gasteiger partial charge in [-0.05, 0) is 120 Å². The molecule has 10 heterocycles. The Morgan fingerprint density at radius 1 is 0.662 bits per heavy atom. The molecule has 2 aliphatic rings. The molecule has 0 bridgehead atoms. The number of carboxylic acid groups (broad SMARTS) is 1. The number of nitrogens with zero attached hydrogens (tertiary/aromatic N) is 6. The quantitative estimate of drug-likeness (QED) is 0.0640. The summed E-state index contributed by atoms with van der Waals surface area (Å²) in [6.07, 6.45) is 11.9. The van der Waals surface area contributed by atoms with Gasteiger partial charge in [0.25, 0.3) is 11.1 Å². The first-order chi connectivity index (χ1) is 35.0. The summed E-state index contributed by atoms with van der Waals surface area (Å²) in [6, 6.07) is 11.8. The van der Waals surface area contributed by atoms with Crippen LogP contribution in [0.4, 0.5) is 0 Å². The number of nitrogens with two attached hydrogens (primary N) is 1. The number of H-pyrrole nitrogens is 4. The number of carboxylic acids is 1. The van der Waals surface area contributed by atoms with E-state index in [4.69, 9.17) is 15.2 Å². The predicted octanol–water partition coefficient (Wildman–Crippen LogP) is 7.97. The van der Waals surface area contributed by atoms with Crippen molar-refractivity contribution in [3.05, 3.63) is 162 Å². The van der Waals surface area contributed by atoms with Gasteiger partial charge in [0, 0.05) is 150 Å². The highest BCUT2D eigenvalue weighted by Crippen LogP contribution is 2.33. The minimum absolute atomic E-state index is 0. The second-order valence-corrected chi connectivity index (χ2v) is 19.0. The summed E-state index contributed by atoms with van der Waals surface area (Å²) < 4.78 is 15.3. The Morgan fingerprint density at radius 3 is 1.50 bits per heavy atom. The van der Waals surface area contributed by atoms with Crippen LogP contribution in [0, 0.1) is 41.5 Å². The smallest absolute Gasteiger partial charge is 0.336 e. The van der Waals surface area contributed by atoms with Crippen molar-refractivity contribution >= 4 is 22.8 Å². The first-order valence-electron chi connectivity index (χ1n) is 24.8. The molecule has 0 radical (unpaired) electrons. The van der Waals surface area contributed by atoms with Crippen molar-refractivity contribution in [3.63, 3.8) is 0 Å². The lowest BCUT2D eigenvalue weighted by atomic mass is 9.95. The number of hydrogen-bond acceptors (Lipinski definition) is 11. The van der Waals surface area contributed by atoms with E-state index in [1.54, 1.807) is 24.7 Å². The highest BCUT2D eigenvalue weighted by molar-refractivity contribution is 5.99. The molecule has 2 aliphatic heterocycles. The van der Waals surface area contributed by atoms with Crippen molar-refractivity contribution in [2.75, 3.05) is 52.6 Å². The Hall–Kier alpha value is -7.22. The third kappa shape index (κ3) is 11.7. The maximum absolute atomic E-state index is 13.6. The number of carbonyl (C=O) groups is 2. The zero-order chi connectivity index (χ0) is 52.1. The van der Waals surface area contributed by atoms with E-state index in [1.165, 1.54) is 0 Å². The topological polar surface area (TPSA) is 237 Å². The average molecular weight is 1010 g/mol. The Bertz CT molecular complexity index is 3350. The van der Waals surface area contributed by atoms with Crippen LogP contribution in [0.1, 0.15) is 117 Å². The summed E-state index contributed by atoms with van der Waals surface area (Å²) in [6.45, 7) is 22.3. The fraction of sp³-hybridized carbons (Fsp3) is 0.393. The van der Waals surface area contributed by atoms with Crippen LogP contribution in [0.25, 0.3) is 33.8 Å². The van der Waals surface area contributed by atoms with Crippen molar-refractivity contribution < 1.29 is 24.2 Å². The number of aryl methyl sites for hydroxylation is 4. The number of rotatable bonds is 12. The first kappa shape index (κ1) is 54.6. The second-order valence-electron chi connectivity index (χ2n) is 19.0. The predicted molar refractivity (Wildman–Crippen MR) is 288 cm³/mol. The molecular formula is C56H71N11O7. The largest absolute Gasteiger partial charge is 0.478 e. The van der Waals surface area contributed by atoms with Gasteiger partial charge in [-0.1, -0.05) is 7.43 Å². The van der Waals surface area contributed by atoms with Gasteiger partial charge in [-0.2, -0.15) is 0 Å². The molecule has 74 heavy (non-hydrogen) atoms. The molecule has 0 aromatic carbocycles. The van der Waals surface area contributed by atoms with E-state index in [0.717, 1.165) is 105 Å². The Kier molecular flexibility index (Phi) is 17.5. The number of carbonyl (C=O) groups excluding carboxylic acids is 1. The molecule has 2 fully saturated rings. The van der Waals surface area contributed by atoms with E-state index in [9.17, 15) is 24.3 Å². The van der Waals surface area contributed by atoms with Crippen molar-refractivity contribution in [1.29, 1.82) is 0 Å². The normalized spacial score (nSPS) is 14.9. The van der Waals surface area contributed by atoms with Gasteiger partial charge in [0.1, 0.15) is 11.6 Å². The molecule has 10 rings (SSSR count). The zero-order valence-corrected chi connectivity index (χ0v) is 43.0. The lowest BCUT2D eigenvalue weighted by molar-refractivity contribution is 0.0186. The van der Waals surface area contributed by atoms with Crippen LogP contribution in [0.15, 0.2) is 83.2 Å². The van der Waals surface area contributed by atoms with Crippen LogP contribution in [-0.4, -0.2) is 118 Å². The lowest BCUT2D eigenvalue weighted by Crippen LogP contribution is -2.39. The molecule has 2 saturated heterocycles. The molecule has 0 aliphatic carbocycles. The average Bonchev–Trinajstić information content (AvgIpc) is 4.22. The van der Waals surface area contributed by atoms with E-state index >= 15 is 0 Å². The maximum Gasteiger partial charge on any atom is 0.336 e. The molecule has 0 spiro atoms. The fourth-order valence-corrected chi connectivity index (χ4v) is 10.4. The molecule has 0 saturated carbocycles. The standard InChI is InChI=1S/C28H33N5O3.C19H22N4O3.C8H12N2O.CH4/c1-17-13-18(2)31-28(35)23(17)5-6-25(34)24-15-22-14-21(27-29-7-8-30-27)16-33(22)26(19(24)3)20(4)32-9-11-36-12-10-32;1-12-16(19(24)25)10-15-9-14(18-20-3-4-21-18)11-23(15)17(12)13(2)22-5-7-26-8-6-22;1-5-3-6(2)10-8(11)7(5)4-9;/h7-8,13-16,20H,5-6,9-12H2,1-4H3,(H,29,30)(H,31,35);3-4,9-11,13H,5-8H2,1-2H3,(H,20,21)(H,24,25);3H,4,9H2,1-2H3,(H,10,11);1H4. The summed E-state index contributed by atoms with van der Waals surface area (Å²) in [7, 11) is 0. The van der Waals surface area contributed by atoms with Crippen LogP contribution in [0.5, 0.6) is 0 Å². The van der Waals surface area contributed by atoms with Gasteiger partial charge >= 0.3 is 5.97 Å². The number of ether oxygens (including phenoxy) is 2. The Labute approximate surface area is 431 Å². The zero-order valence-electron chi connectivity index (χ0n) is 43.0. The molecular weight excluding hydrogens is 939 g/mol. The number of ketones is 1. The molecule has 2 unspecified atom stereocenters. The second kappa shape index (κ2) is 23.8. The summed E-state index contributed by atoms with van der Waals surface area (Å²) in [5.74, 6) is 0.711. The van der Waals surface area contributed by atoms with Gasteiger partial charge in [-0.25, -0.2) is 14.8 Å². The molecule has 392 valence electrons. The van der Waals surface area contributed by atoms with Gasteiger partial charge in [0.05, 0.1) is 32.0 Å². The molecule has 8 aromatic rings. The molecule has 7 N–H and O–H groups in total. The number of nitrogens with one attached hydrogen (secondary N) is 4. The van der Waals surface area contributed by atoms with Gasteiger partial charge < -0.3 is 49.1 Å². The Balaban J connectivity index is 0.000000183. The maximum atomic E-state index is 13.6. The Morgan fingerprint density at radius 2 is 1.09 bits per heavy atom. The van der Waals surface area contributed by atoms with E-state index in [0.29, 0.717) is 61.6 Å². The summed E-state index contributed by atoms with van der Waals surface area (Å²) in [4.78, 5) is 74.3. The number of pyridine rings is 4. The first-order valence-corrected chi connectivity index (χ1v) is 24.8. The molecule has 2 atom stereocenters. The number of imidazole rings is 2. The van der Waals surface area contributed by atoms with E-state index in [2.05, 4.69) is 74.6 Å². The van der Waals surface area contributed by atoms with Gasteiger partial charge in [-0.3, -0.25) is 24.2 Å². The van der Waals surface area contributed by atoms with Crippen LogP contribution >= 0.6 is 0 Å². The van der Waals surface area contributed by atoms with Crippen molar-refractivity contribution in [1.82, 2.24) is 48.5 Å². The highest BCUT2D eigenvalue weighted by atomic mass is 16.5. The third-order valence-corrected chi connectivity index (χ3v) is 14.2. The monoisotopic (exact) mass is 1010 g/mol. The molecule has 0 amide bonds. The fourth-order valence-electron chi connectivity index (χ4n) is 10.4. The number of hydrogen-bond donors (Lipinski definition) is 6. The van der Waals surface area contributed by atoms with Crippen molar-refractivity contribution in [2.45, 2.75) is 94.3 Å². The summed E-state index contributed by atoms with van der Waals surface area (Å²) >= 11 is 0. The number of aromatic amines is 4. The SMILES string of the molecule is C.Cc1c(C(=O)O)cc2cc(-c3ncc[nH]3)cn2c1C(C)N1CCOCC1.Cc1cc(C)c(CCC(=O)c2cc3cc(-c4ncc[nH]4)cn3c(C(C)N3CCOCC3)c2C)c(=O)[nH]1.Cc1cc(C)c(CN)c(=O)[nH]1. The van der Waals surface area contributed by atoms with Gasteiger partial charge in [-0.15, -0.1) is 0 Å². The number of morpholine rings is 2. The summed E-state index contributed by atoms with van der Waals surface area (Å²) in [5, 5.41) is 9.67. The van der Waals surface area contributed by atoms with Crippen LogP contribution in [-0.2, 0) is 22.4 Å². The van der Waals surface area contributed by atoms with Gasteiger partial charge in [0.15, 0.2) is 5.78 Å². The third-order valence-electron chi connectivity index (χ3n) is 14.2. The van der Waals surface area contributed by atoms with Crippen LogP contribution in [0.2, 0.25) is 0 Å². The molecule has 8 aromatic heterocycles. The highest BCUT2D eigenvalue weighted by Gasteiger charge is 2.28. The number of Topliss-reactive ketones (excluding diaryl/α,β-unsaturated/α-hetero) is 1. The van der Waals surface area contributed by atoms with Crippen molar-refractivity contribution in [2.24, 2.45) is 5.73 Å². The van der Waals surface area contributed by atoms with Crippen LogP contribution in [0.3, 0.4) is 0 Å². The van der Waals surface area contributed by atoms with Crippen LogP contribution < -0.4 is 16.9 Å². The lowest BCUT2D eigenvalue weighted by Gasteiger charge is -2.34. The van der Waals surface area contributed by atoms with Crippen molar-refractivity contribution in [3.8, 4) is 22.8 Å². The number of fused-ring (bicyclic) bond motifs is 2. The minimum Gasteiger partial charge on any atom is -0.478 e. The van der Waals surface area contributed by atoms with E-state index < -0.39 is 5.97 Å². The van der Waals surface area contributed by atoms with Gasteiger partial charge in [0.2, 0.25) is 0 Å². The molecule has 18 heteroatoms. The van der Waals surface area contributed by atoms with E-state index in [1.807, 2.05) is 78.2 Å². The molecule has 18 nitrogen and oxygen atoms in total. The van der Waals surface area contributed by atoms with E-state index in [-0.39, 0.29) is 42.8 Å². The number of aromatic nitrogens is 8. The summed E-state index contributed by atoms with van der Waals surface area (Å²) in [5.41, 5.74) is 18.8.